The number of hydrogen-bond acceptors (Lipinski definition) is 2. The second kappa shape index (κ2) is 3.86. The monoisotopic (exact) mass is 206 g/mol. The fourth-order valence-electron chi connectivity index (χ4n) is 2.54. The first-order chi connectivity index (χ1) is 7.15. The molecule has 2 nitrogen and oxygen atoms in total. The van der Waals surface area contributed by atoms with Crippen LogP contribution in [-0.2, 0) is 5.60 Å². The van der Waals surface area contributed by atoms with Gasteiger partial charge in [-0.15, -0.1) is 0 Å². The lowest BCUT2D eigenvalue weighted by Gasteiger charge is -2.25. The maximum absolute atomic E-state index is 10.6. The predicted octanol–water partition coefficient (Wildman–Crippen LogP) is 2.70. The topological polar surface area (TPSA) is 29.5 Å². The molecule has 0 aromatic heterocycles. The number of para-hydroxylation sites is 1. The average Bonchev–Trinajstić information content (AvgIpc) is 2.60. The fraction of sp³-hybridized carbons (Fsp3) is 0.538. The molecule has 1 N–H and O–H groups in total. The van der Waals surface area contributed by atoms with Crippen molar-refractivity contribution in [3.05, 3.63) is 29.8 Å². The predicted molar refractivity (Wildman–Crippen MR) is 59.9 cm³/mol. The lowest BCUT2D eigenvalue weighted by atomic mass is 9.90. The molecule has 1 saturated carbocycles. The summed E-state index contributed by atoms with van der Waals surface area (Å²) in [6, 6.07) is 7.77. The van der Waals surface area contributed by atoms with Crippen molar-refractivity contribution >= 4 is 0 Å². The van der Waals surface area contributed by atoms with Gasteiger partial charge in [0.05, 0.1) is 12.7 Å². The van der Waals surface area contributed by atoms with Crippen molar-refractivity contribution in [1.29, 1.82) is 0 Å². The molecule has 0 saturated heterocycles. The van der Waals surface area contributed by atoms with Crippen LogP contribution in [0.1, 0.15) is 31.7 Å². The zero-order chi connectivity index (χ0) is 10.9. The summed E-state index contributed by atoms with van der Waals surface area (Å²) in [6.45, 7) is 2.19. The summed E-state index contributed by atoms with van der Waals surface area (Å²) in [6.07, 6.45) is 2.77. The maximum Gasteiger partial charge on any atom is 0.124 e. The van der Waals surface area contributed by atoms with Gasteiger partial charge in [-0.25, -0.2) is 0 Å². The number of benzene rings is 1. The highest BCUT2D eigenvalue weighted by atomic mass is 16.5. The summed E-state index contributed by atoms with van der Waals surface area (Å²) in [5.74, 6) is 1.40. The van der Waals surface area contributed by atoms with Crippen molar-refractivity contribution in [2.45, 2.75) is 31.8 Å². The summed E-state index contributed by atoms with van der Waals surface area (Å²) in [5.41, 5.74) is 0.267. The molecule has 1 aliphatic rings. The van der Waals surface area contributed by atoms with Crippen molar-refractivity contribution in [2.24, 2.45) is 5.92 Å². The van der Waals surface area contributed by atoms with Gasteiger partial charge in [0.25, 0.3) is 0 Å². The van der Waals surface area contributed by atoms with E-state index in [1.807, 2.05) is 24.3 Å². The maximum atomic E-state index is 10.6. The van der Waals surface area contributed by atoms with Crippen molar-refractivity contribution in [3.8, 4) is 5.75 Å². The second-order valence-electron chi connectivity index (χ2n) is 4.58. The Balaban J connectivity index is 2.36. The molecule has 82 valence electrons. The van der Waals surface area contributed by atoms with E-state index in [0.717, 1.165) is 30.6 Å². The second-order valence-corrected chi connectivity index (χ2v) is 4.58. The fourth-order valence-corrected chi connectivity index (χ4v) is 2.54. The average molecular weight is 206 g/mol. The van der Waals surface area contributed by atoms with Gasteiger partial charge in [0, 0.05) is 5.56 Å². The Morgan fingerprint density at radius 3 is 2.73 bits per heavy atom. The van der Waals surface area contributed by atoms with Crippen molar-refractivity contribution in [3.63, 3.8) is 0 Å². The summed E-state index contributed by atoms with van der Waals surface area (Å²) in [5, 5.41) is 10.6. The van der Waals surface area contributed by atoms with Crippen LogP contribution < -0.4 is 4.74 Å². The Kier molecular flexibility index (Phi) is 2.70. The quantitative estimate of drug-likeness (QED) is 0.806. The van der Waals surface area contributed by atoms with E-state index in [1.165, 1.54) is 0 Å². The van der Waals surface area contributed by atoms with E-state index in [4.69, 9.17) is 4.74 Å². The molecule has 1 aromatic rings. The largest absolute Gasteiger partial charge is 0.496 e. The third-order valence-electron chi connectivity index (χ3n) is 3.35. The molecule has 1 aliphatic carbocycles. The number of ether oxygens (including phenoxy) is 1. The lowest BCUT2D eigenvalue weighted by Crippen LogP contribution is -2.22. The van der Waals surface area contributed by atoms with Crippen LogP contribution in [0.2, 0.25) is 0 Å². The van der Waals surface area contributed by atoms with E-state index < -0.39 is 5.60 Å². The van der Waals surface area contributed by atoms with Crippen LogP contribution in [0.5, 0.6) is 5.75 Å². The van der Waals surface area contributed by atoms with Gasteiger partial charge >= 0.3 is 0 Å². The number of hydrogen-bond donors (Lipinski definition) is 1. The molecule has 0 spiro atoms. The highest BCUT2D eigenvalue weighted by Gasteiger charge is 2.38. The minimum absolute atomic E-state index is 0.597. The smallest absolute Gasteiger partial charge is 0.124 e. The third kappa shape index (κ3) is 1.86. The SMILES string of the molecule is COc1ccccc1[C@]1(O)CC[C@@H](C)C1. The minimum Gasteiger partial charge on any atom is -0.496 e. The molecule has 0 heterocycles. The van der Waals surface area contributed by atoms with Gasteiger partial charge in [0.1, 0.15) is 5.75 Å². The van der Waals surface area contributed by atoms with E-state index in [0.29, 0.717) is 5.92 Å². The molecular weight excluding hydrogens is 188 g/mol. The van der Waals surface area contributed by atoms with Gasteiger partial charge < -0.3 is 9.84 Å². The molecule has 2 atom stereocenters. The van der Waals surface area contributed by atoms with Gasteiger partial charge in [0.15, 0.2) is 0 Å². The molecule has 2 rings (SSSR count). The van der Waals surface area contributed by atoms with Crippen LogP contribution in [0.25, 0.3) is 0 Å². The third-order valence-corrected chi connectivity index (χ3v) is 3.35. The van der Waals surface area contributed by atoms with E-state index in [1.54, 1.807) is 7.11 Å². The van der Waals surface area contributed by atoms with Crippen LogP contribution in [0.4, 0.5) is 0 Å². The lowest BCUT2D eigenvalue weighted by molar-refractivity contribution is 0.0383. The first-order valence-electron chi connectivity index (χ1n) is 5.51. The zero-order valence-electron chi connectivity index (χ0n) is 9.36. The molecule has 0 radical (unpaired) electrons. The first kappa shape index (κ1) is 10.5. The molecule has 0 unspecified atom stereocenters. The summed E-state index contributed by atoms with van der Waals surface area (Å²) in [7, 11) is 1.65. The number of rotatable bonds is 2. The van der Waals surface area contributed by atoms with Crippen LogP contribution in [0.15, 0.2) is 24.3 Å². The molecule has 2 heteroatoms. The summed E-state index contributed by atoms with van der Waals surface area (Å²) < 4.78 is 5.30. The molecule has 0 bridgehead atoms. The van der Waals surface area contributed by atoms with Gasteiger partial charge in [-0.2, -0.15) is 0 Å². The zero-order valence-corrected chi connectivity index (χ0v) is 9.36. The summed E-state index contributed by atoms with van der Waals surface area (Å²) in [4.78, 5) is 0. The molecule has 15 heavy (non-hydrogen) atoms. The van der Waals surface area contributed by atoms with Crippen molar-refractivity contribution in [2.75, 3.05) is 7.11 Å². The van der Waals surface area contributed by atoms with Gasteiger partial charge in [0.2, 0.25) is 0 Å². The number of methoxy groups -OCH3 is 1. The Labute approximate surface area is 90.9 Å². The highest BCUT2D eigenvalue weighted by Crippen LogP contribution is 2.44. The molecule has 0 amide bonds. The van der Waals surface area contributed by atoms with Crippen LogP contribution in [0, 0.1) is 5.92 Å². The highest BCUT2D eigenvalue weighted by molar-refractivity contribution is 5.38. The minimum atomic E-state index is -0.675. The summed E-state index contributed by atoms with van der Waals surface area (Å²) >= 11 is 0. The Hall–Kier alpha value is -1.02. The van der Waals surface area contributed by atoms with Crippen LogP contribution in [-0.4, -0.2) is 12.2 Å². The number of aliphatic hydroxyl groups is 1. The standard InChI is InChI=1S/C13H18O2/c1-10-7-8-13(14,9-10)11-5-3-4-6-12(11)15-2/h3-6,10,14H,7-9H2,1-2H3/t10-,13+/m1/s1. The Bertz CT molecular complexity index is 348. The molecular formula is C13H18O2. The van der Waals surface area contributed by atoms with Crippen LogP contribution >= 0.6 is 0 Å². The Morgan fingerprint density at radius 2 is 2.13 bits per heavy atom. The van der Waals surface area contributed by atoms with Crippen molar-refractivity contribution in [1.82, 2.24) is 0 Å². The van der Waals surface area contributed by atoms with Gasteiger partial charge in [-0.3, -0.25) is 0 Å². The van der Waals surface area contributed by atoms with E-state index >= 15 is 0 Å². The van der Waals surface area contributed by atoms with Gasteiger partial charge in [-0.05, 0) is 31.2 Å². The Morgan fingerprint density at radius 1 is 1.40 bits per heavy atom. The first-order valence-corrected chi connectivity index (χ1v) is 5.51. The van der Waals surface area contributed by atoms with Crippen LogP contribution in [0.3, 0.4) is 0 Å². The molecule has 0 aliphatic heterocycles. The normalized spacial score (nSPS) is 30.5. The molecule has 1 aromatic carbocycles. The molecule has 1 fully saturated rings. The van der Waals surface area contributed by atoms with E-state index in [2.05, 4.69) is 6.92 Å². The van der Waals surface area contributed by atoms with Gasteiger partial charge in [-0.1, -0.05) is 25.1 Å². The van der Waals surface area contributed by atoms with Crippen molar-refractivity contribution < 1.29 is 9.84 Å². The van der Waals surface area contributed by atoms with E-state index in [-0.39, 0.29) is 0 Å². The van der Waals surface area contributed by atoms with E-state index in [9.17, 15) is 5.11 Å².